The Balaban J connectivity index is 1.58. The van der Waals surface area contributed by atoms with E-state index in [2.05, 4.69) is 40.7 Å². The molecule has 1 saturated heterocycles. The number of nitrogens with one attached hydrogen (secondary N) is 2. The molecule has 1 fully saturated rings. The zero-order valence-electron chi connectivity index (χ0n) is 15.0. The van der Waals surface area contributed by atoms with Crippen LogP contribution in [0.4, 0.5) is 17.1 Å². The first-order chi connectivity index (χ1) is 12.7. The molecule has 2 atom stereocenters. The van der Waals surface area contributed by atoms with Gasteiger partial charge in [-0.25, -0.2) is 0 Å². The van der Waals surface area contributed by atoms with Gasteiger partial charge in [-0.2, -0.15) is 0 Å². The summed E-state index contributed by atoms with van der Waals surface area (Å²) in [6.07, 6.45) is 1.20. The normalized spacial score (nSPS) is 24.0. The van der Waals surface area contributed by atoms with Gasteiger partial charge in [-0.3, -0.25) is 0 Å². The molecule has 26 heavy (non-hydrogen) atoms. The topological polar surface area (TPSA) is 36.5 Å². The van der Waals surface area contributed by atoms with Crippen molar-refractivity contribution in [1.29, 1.82) is 0 Å². The molecule has 0 amide bonds. The molecule has 2 aromatic carbocycles. The van der Waals surface area contributed by atoms with E-state index >= 15 is 0 Å². The van der Waals surface area contributed by atoms with Crippen molar-refractivity contribution in [3.63, 3.8) is 0 Å². The maximum absolute atomic E-state index is 6.40. The Bertz CT molecular complexity index is 853. The quantitative estimate of drug-likeness (QED) is 0.832. The zero-order chi connectivity index (χ0) is 17.7. The average Bonchev–Trinajstić information content (AvgIpc) is 2.81. The predicted molar refractivity (Wildman–Crippen MR) is 107 cm³/mol. The van der Waals surface area contributed by atoms with Crippen molar-refractivity contribution in [3.05, 3.63) is 52.0 Å². The van der Waals surface area contributed by atoms with Crippen LogP contribution in [0.2, 0.25) is 5.02 Å². The molecule has 3 heterocycles. The van der Waals surface area contributed by atoms with Crippen LogP contribution >= 0.6 is 11.6 Å². The number of ether oxygens (including phenoxy) is 1. The van der Waals surface area contributed by atoms with Gasteiger partial charge in [0.1, 0.15) is 0 Å². The summed E-state index contributed by atoms with van der Waals surface area (Å²) in [6.45, 7) is 6.73. The molecule has 5 heteroatoms. The highest BCUT2D eigenvalue weighted by molar-refractivity contribution is 6.33. The Hall–Kier alpha value is -1.75. The third-order valence-corrected chi connectivity index (χ3v) is 6.22. The van der Waals surface area contributed by atoms with Crippen molar-refractivity contribution >= 4 is 28.7 Å². The SMILES string of the molecule is Cc1ccc(Cl)c(Nc2cc3c4c(c2)[C@@H]2CNCC[C@@H]2N4CCOC3)c1. The lowest BCUT2D eigenvalue weighted by Crippen LogP contribution is -2.44. The van der Waals surface area contributed by atoms with Crippen molar-refractivity contribution in [1.82, 2.24) is 5.32 Å². The Morgan fingerprint density at radius 3 is 3.12 bits per heavy atom. The molecule has 0 unspecified atom stereocenters. The molecule has 0 aromatic heterocycles. The number of aryl methyl sites for hydroxylation is 1. The molecule has 0 spiro atoms. The van der Waals surface area contributed by atoms with E-state index in [0.717, 1.165) is 42.6 Å². The largest absolute Gasteiger partial charge is 0.375 e. The summed E-state index contributed by atoms with van der Waals surface area (Å²) in [6, 6.07) is 11.3. The average molecular weight is 370 g/mol. The van der Waals surface area contributed by atoms with Crippen LogP contribution in [-0.4, -0.2) is 32.3 Å². The van der Waals surface area contributed by atoms with Gasteiger partial charge in [0.15, 0.2) is 0 Å². The van der Waals surface area contributed by atoms with Crippen molar-refractivity contribution in [2.75, 3.05) is 36.5 Å². The monoisotopic (exact) mass is 369 g/mol. The van der Waals surface area contributed by atoms with Crippen LogP contribution in [0.3, 0.4) is 0 Å². The third-order valence-electron chi connectivity index (χ3n) is 5.89. The number of fused-ring (bicyclic) bond motifs is 3. The van der Waals surface area contributed by atoms with Crippen LogP contribution in [0.1, 0.15) is 29.0 Å². The van der Waals surface area contributed by atoms with E-state index in [-0.39, 0.29) is 0 Å². The number of nitrogens with zero attached hydrogens (tertiary/aromatic N) is 1. The smallest absolute Gasteiger partial charge is 0.0738 e. The first kappa shape index (κ1) is 16.4. The second kappa shape index (κ2) is 6.45. The standard InChI is InChI=1S/C21H24ClN3O/c1-13-2-3-18(22)19(8-13)24-15-9-14-12-26-7-6-25-20-4-5-23-11-17(20)16(10-15)21(14)25/h2-3,8-10,17,20,23-24H,4-7,11-12H2,1H3/t17-,20-/m0/s1. The molecule has 4 nitrogen and oxygen atoms in total. The van der Waals surface area contributed by atoms with Crippen LogP contribution in [0.15, 0.2) is 30.3 Å². The minimum absolute atomic E-state index is 0.560. The number of benzene rings is 2. The van der Waals surface area contributed by atoms with Gasteiger partial charge in [-0.05, 0) is 55.3 Å². The summed E-state index contributed by atoms with van der Waals surface area (Å²) in [5.74, 6) is 0.560. The van der Waals surface area contributed by atoms with Gasteiger partial charge in [0, 0.05) is 42.0 Å². The minimum Gasteiger partial charge on any atom is -0.375 e. The first-order valence-electron chi connectivity index (χ1n) is 9.46. The molecule has 0 aliphatic carbocycles. The third kappa shape index (κ3) is 2.68. The number of piperidine rings is 1. The van der Waals surface area contributed by atoms with E-state index in [9.17, 15) is 0 Å². The highest BCUT2D eigenvalue weighted by Gasteiger charge is 2.41. The zero-order valence-corrected chi connectivity index (χ0v) is 15.8. The summed E-state index contributed by atoms with van der Waals surface area (Å²) in [7, 11) is 0. The molecule has 3 aliphatic heterocycles. The Kier molecular flexibility index (Phi) is 4.07. The molecule has 0 radical (unpaired) electrons. The van der Waals surface area contributed by atoms with E-state index in [0.29, 0.717) is 18.6 Å². The lowest BCUT2D eigenvalue weighted by Gasteiger charge is -2.33. The van der Waals surface area contributed by atoms with Gasteiger partial charge in [-0.1, -0.05) is 17.7 Å². The molecule has 0 saturated carbocycles. The molecule has 2 N–H and O–H groups in total. The summed E-state index contributed by atoms with van der Waals surface area (Å²) in [4.78, 5) is 2.60. The lowest BCUT2D eigenvalue weighted by molar-refractivity contribution is 0.130. The highest BCUT2D eigenvalue weighted by Crippen LogP contribution is 2.47. The predicted octanol–water partition coefficient (Wildman–Crippen LogP) is 4.19. The van der Waals surface area contributed by atoms with Crippen molar-refractivity contribution in [2.24, 2.45) is 0 Å². The molecule has 2 aromatic rings. The lowest BCUT2D eigenvalue weighted by atomic mass is 9.89. The van der Waals surface area contributed by atoms with Gasteiger partial charge in [0.05, 0.1) is 23.9 Å². The summed E-state index contributed by atoms with van der Waals surface area (Å²) in [5, 5.41) is 7.88. The maximum Gasteiger partial charge on any atom is 0.0738 e. The fraction of sp³-hybridized carbons (Fsp3) is 0.429. The number of hydrogen-bond acceptors (Lipinski definition) is 4. The molecular formula is C21H24ClN3O. The Morgan fingerprint density at radius 2 is 2.19 bits per heavy atom. The van der Waals surface area contributed by atoms with E-state index in [4.69, 9.17) is 16.3 Å². The number of rotatable bonds is 2. The van der Waals surface area contributed by atoms with Crippen LogP contribution in [0, 0.1) is 6.92 Å². The van der Waals surface area contributed by atoms with Crippen LogP contribution < -0.4 is 15.5 Å². The van der Waals surface area contributed by atoms with Crippen molar-refractivity contribution < 1.29 is 4.74 Å². The van der Waals surface area contributed by atoms with Gasteiger partial charge < -0.3 is 20.3 Å². The second-order valence-corrected chi connectivity index (χ2v) is 8.00. The van der Waals surface area contributed by atoms with E-state index in [1.807, 2.05) is 12.1 Å². The molecule has 3 aliphatic rings. The molecular weight excluding hydrogens is 346 g/mol. The summed E-state index contributed by atoms with van der Waals surface area (Å²) < 4.78 is 5.90. The van der Waals surface area contributed by atoms with Gasteiger partial charge in [0.2, 0.25) is 0 Å². The number of hydrogen-bond donors (Lipinski definition) is 2. The first-order valence-corrected chi connectivity index (χ1v) is 9.83. The van der Waals surface area contributed by atoms with Crippen molar-refractivity contribution in [2.45, 2.75) is 31.9 Å². The van der Waals surface area contributed by atoms with Crippen LogP contribution in [-0.2, 0) is 11.3 Å². The maximum atomic E-state index is 6.40. The highest BCUT2D eigenvalue weighted by atomic mass is 35.5. The molecule has 0 bridgehead atoms. The molecule has 136 valence electrons. The van der Waals surface area contributed by atoms with Gasteiger partial charge in [0.25, 0.3) is 0 Å². The summed E-state index contributed by atoms with van der Waals surface area (Å²) in [5.41, 5.74) is 7.42. The number of halogens is 1. The van der Waals surface area contributed by atoms with Crippen LogP contribution in [0.5, 0.6) is 0 Å². The minimum atomic E-state index is 0.560. The summed E-state index contributed by atoms with van der Waals surface area (Å²) >= 11 is 6.40. The van der Waals surface area contributed by atoms with E-state index in [1.165, 1.54) is 28.8 Å². The fourth-order valence-corrected chi connectivity index (χ4v) is 4.91. The van der Waals surface area contributed by atoms with E-state index in [1.54, 1.807) is 0 Å². The molecule has 5 rings (SSSR count). The van der Waals surface area contributed by atoms with Gasteiger partial charge in [-0.15, -0.1) is 0 Å². The fourth-order valence-electron chi connectivity index (χ4n) is 4.75. The van der Waals surface area contributed by atoms with Gasteiger partial charge >= 0.3 is 0 Å². The van der Waals surface area contributed by atoms with E-state index < -0.39 is 0 Å². The van der Waals surface area contributed by atoms with Crippen molar-refractivity contribution in [3.8, 4) is 0 Å². The Labute approximate surface area is 159 Å². The second-order valence-electron chi connectivity index (χ2n) is 7.59. The Morgan fingerprint density at radius 1 is 1.27 bits per heavy atom. The van der Waals surface area contributed by atoms with Crippen LogP contribution in [0.25, 0.3) is 0 Å². The number of anilines is 3.